The highest BCUT2D eigenvalue weighted by Gasteiger charge is 2.25. The smallest absolute Gasteiger partial charge is 0.355 e. The van der Waals surface area contributed by atoms with Crippen LogP contribution in [0.4, 0.5) is 0 Å². The van der Waals surface area contributed by atoms with Crippen LogP contribution in [-0.2, 0) is 6.42 Å². The summed E-state index contributed by atoms with van der Waals surface area (Å²) in [5, 5.41) is 9.08. The second-order valence-electron chi connectivity index (χ2n) is 3.68. The van der Waals surface area contributed by atoms with E-state index in [4.69, 9.17) is 5.11 Å². The molecule has 2 aromatic rings. The fourth-order valence-corrected chi connectivity index (χ4v) is 2.10. The van der Waals surface area contributed by atoms with Crippen molar-refractivity contribution in [2.45, 2.75) is 6.42 Å². The third-order valence-corrected chi connectivity index (χ3v) is 2.77. The Bertz CT molecular complexity index is 593. The molecule has 0 atom stereocenters. The number of carboxylic acid groups (broad SMARTS) is 1. The Kier molecular flexibility index (Phi) is 1.77. The van der Waals surface area contributed by atoms with E-state index >= 15 is 0 Å². The van der Waals surface area contributed by atoms with Crippen LogP contribution < -0.4 is 0 Å². The van der Waals surface area contributed by atoms with Crippen LogP contribution in [0.15, 0.2) is 30.6 Å². The van der Waals surface area contributed by atoms with Gasteiger partial charge in [0.25, 0.3) is 0 Å². The Morgan fingerprint density at radius 2 is 2.06 bits per heavy atom. The molecule has 1 heterocycles. The molecule has 1 aromatic carbocycles. The largest absolute Gasteiger partial charge is 0.476 e. The van der Waals surface area contributed by atoms with Crippen molar-refractivity contribution in [3.63, 3.8) is 0 Å². The van der Waals surface area contributed by atoms with Crippen LogP contribution >= 0.6 is 0 Å². The molecule has 4 heteroatoms. The first-order chi connectivity index (χ1) is 7.77. The van der Waals surface area contributed by atoms with Crippen LogP contribution in [0.25, 0.3) is 11.1 Å². The molecular weight excluding hydrogens is 204 g/mol. The molecule has 0 saturated heterocycles. The van der Waals surface area contributed by atoms with Crippen LogP contribution in [0, 0.1) is 0 Å². The Morgan fingerprint density at radius 3 is 2.88 bits per heavy atom. The van der Waals surface area contributed by atoms with Crippen molar-refractivity contribution in [2.24, 2.45) is 0 Å². The fraction of sp³-hybridized carbons (Fsp3) is 0.0833. The lowest BCUT2D eigenvalue weighted by Crippen LogP contribution is -2.04. The summed E-state index contributed by atoms with van der Waals surface area (Å²) in [6.45, 7) is 0. The lowest BCUT2D eigenvalue weighted by Gasteiger charge is -2.02. The molecule has 4 nitrogen and oxygen atoms in total. The summed E-state index contributed by atoms with van der Waals surface area (Å²) in [5.41, 5.74) is 3.62. The lowest BCUT2D eigenvalue weighted by atomic mass is 10.1. The molecule has 0 amide bonds. The predicted octanol–water partition coefficient (Wildman–Crippen LogP) is 1.75. The van der Waals surface area contributed by atoms with E-state index in [0.29, 0.717) is 12.0 Å². The summed E-state index contributed by atoms with van der Waals surface area (Å²) in [6.07, 6.45) is 2.00. The van der Waals surface area contributed by atoms with E-state index in [1.165, 1.54) is 6.33 Å². The molecule has 0 saturated carbocycles. The quantitative estimate of drug-likeness (QED) is 0.667. The zero-order valence-corrected chi connectivity index (χ0v) is 8.34. The van der Waals surface area contributed by atoms with Crippen molar-refractivity contribution in [1.29, 1.82) is 0 Å². The molecule has 3 rings (SSSR count). The first-order valence-corrected chi connectivity index (χ1v) is 4.93. The zero-order chi connectivity index (χ0) is 11.1. The number of hydrogen-bond donors (Lipinski definition) is 1. The van der Waals surface area contributed by atoms with Crippen LogP contribution in [0.1, 0.15) is 21.7 Å². The van der Waals surface area contributed by atoms with Crippen molar-refractivity contribution in [2.75, 3.05) is 0 Å². The molecule has 0 radical (unpaired) electrons. The Morgan fingerprint density at radius 1 is 1.25 bits per heavy atom. The normalized spacial score (nSPS) is 12.0. The van der Waals surface area contributed by atoms with E-state index in [2.05, 4.69) is 9.97 Å². The van der Waals surface area contributed by atoms with Gasteiger partial charge in [-0.1, -0.05) is 24.3 Å². The molecule has 0 unspecified atom stereocenters. The molecular formula is C12H8N2O2. The van der Waals surface area contributed by atoms with Crippen molar-refractivity contribution in [3.8, 4) is 11.1 Å². The van der Waals surface area contributed by atoms with Gasteiger partial charge in [-0.15, -0.1) is 0 Å². The summed E-state index contributed by atoms with van der Waals surface area (Å²) >= 11 is 0. The molecule has 0 spiro atoms. The highest BCUT2D eigenvalue weighted by atomic mass is 16.4. The van der Waals surface area contributed by atoms with E-state index in [1.807, 2.05) is 24.3 Å². The predicted molar refractivity (Wildman–Crippen MR) is 57.2 cm³/mol. The molecule has 78 valence electrons. The molecule has 1 aliphatic rings. The molecule has 0 fully saturated rings. The van der Waals surface area contributed by atoms with Gasteiger partial charge < -0.3 is 5.11 Å². The fourth-order valence-electron chi connectivity index (χ4n) is 2.10. The van der Waals surface area contributed by atoms with Gasteiger partial charge in [-0.25, -0.2) is 14.8 Å². The zero-order valence-electron chi connectivity index (χ0n) is 8.34. The summed E-state index contributed by atoms with van der Waals surface area (Å²) in [5.74, 6) is -1.00. The number of carboxylic acids is 1. The molecule has 1 aromatic heterocycles. The second kappa shape index (κ2) is 3.13. The minimum Gasteiger partial charge on any atom is -0.476 e. The average Bonchev–Trinajstić information content (AvgIpc) is 2.66. The topological polar surface area (TPSA) is 63.1 Å². The van der Waals surface area contributed by atoms with Crippen molar-refractivity contribution >= 4 is 5.97 Å². The molecule has 0 bridgehead atoms. The monoisotopic (exact) mass is 212 g/mol. The Hall–Kier alpha value is -2.23. The Balaban J connectivity index is 2.33. The van der Waals surface area contributed by atoms with Gasteiger partial charge in [-0.3, -0.25) is 0 Å². The minimum atomic E-state index is -1.00. The third kappa shape index (κ3) is 1.13. The van der Waals surface area contributed by atoms with Crippen molar-refractivity contribution in [1.82, 2.24) is 9.97 Å². The van der Waals surface area contributed by atoms with Gasteiger partial charge in [0, 0.05) is 12.0 Å². The van der Waals surface area contributed by atoms with Gasteiger partial charge in [-0.05, 0) is 11.1 Å². The number of fused-ring (bicyclic) bond motifs is 3. The van der Waals surface area contributed by atoms with Crippen LogP contribution in [-0.4, -0.2) is 21.0 Å². The number of nitrogens with zero attached hydrogens (tertiary/aromatic N) is 2. The summed E-state index contributed by atoms with van der Waals surface area (Å²) in [4.78, 5) is 19.1. The maximum Gasteiger partial charge on any atom is 0.355 e. The first-order valence-electron chi connectivity index (χ1n) is 4.93. The van der Waals surface area contributed by atoms with Crippen LogP contribution in [0.5, 0.6) is 0 Å². The number of benzene rings is 1. The van der Waals surface area contributed by atoms with E-state index in [1.54, 1.807) is 0 Å². The molecule has 1 N–H and O–H groups in total. The number of aromatic nitrogens is 2. The first kappa shape index (κ1) is 9.03. The van der Waals surface area contributed by atoms with E-state index < -0.39 is 5.97 Å². The summed E-state index contributed by atoms with van der Waals surface area (Å²) in [7, 11) is 0. The number of aromatic carboxylic acids is 1. The summed E-state index contributed by atoms with van der Waals surface area (Å²) in [6, 6.07) is 7.74. The maximum absolute atomic E-state index is 11.1. The number of hydrogen-bond acceptors (Lipinski definition) is 3. The van der Waals surface area contributed by atoms with Crippen LogP contribution in [0.3, 0.4) is 0 Å². The lowest BCUT2D eigenvalue weighted by molar-refractivity contribution is 0.0691. The third-order valence-electron chi connectivity index (χ3n) is 2.77. The second-order valence-corrected chi connectivity index (χ2v) is 3.68. The molecule has 1 aliphatic carbocycles. The number of rotatable bonds is 1. The summed E-state index contributed by atoms with van der Waals surface area (Å²) < 4.78 is 0. The Labute approximate surface area is 91.6 Å². The van der Waals surface area contributed by atoms with E-state index in [0.717, 1.165) is 16.8 Å². The number of carbonyl (C=O) groups is 1. The highest BCUT2D eigenvalue weighted by molar-refractivity contribution is 5.96. The molecule has 16 heavy (non-hydrogen) atoms. The van der Waals surface area contributed by atoms with Gasteiger partial charge >= 0.3 is 5.97 Å². The van der Waals surface area contributed by atoms with Crippen LogP contribution in [0.2, 0.25) is 0 Å². The van der Waals surface area contributed by atoms with Crippen molar-refractivity contribution < 1.29 is 9.90 Å². The standard InChI is InChI=1S/C12H8N2O2/c15-12(16)11-10-8-4-2-1-3-7(8)5-9(10)13-6-14-11/h1-4,6H,5H2,(H,15,16). The van der Waals surface area contributed by atoms with E-state index in [-0.39, 0.29) is 5.69 Å². The SMILES string of the molecule is O=C(O)c1ncnc2c1-c1ccccc1C2. The maximum atomic E-state index is 11.1. The minimum absolute atomic E-state index is 0.0925. The van der Waals surface area contributed by atoms with Gasteiger partial charge in [0.2, 0.25) is 0 Å². The van der Waals surface area contributed by atoms with Gasteiger partial charge in [0.05, 0.1) is 5.69 Å². The van der Waals surface area contributed by atoms with E-state index in [9.17, 15) is 4.79 Å². The van der Waals surface area contributed by atoms with Gasteiger partial charge in [0.1, 0.15) is 6.33 Å². The van der Waals surface area contributed by atoms with Crippen molar-refractivity contribution in [3.05, 3.63) is 47.5 Å². The molecule has 0 aliphatic heterocycles. The van der Waals surface area contributed by atoms with Gasteiger partial charge in [0.15, 0.2) is 5.69 Å². The van der Waals surface area contributed by atoms with Gasteiger partial charge in [-0.2, -0.15) is 0 Å². The average molecular weight is 212 g/mol. The highest BCUT2D eigenvalue weighted by Crippen LogP contribution is 2.36.